The monoisotopic (exact) mass is 337 g/mol. The van der Waals surface area contributed by atoms with Gasteiger partial charge < -0.3 is 19.9 Å². The number of aryl methyl sites for hydroxylation is 1. The highest BCUT2D eigenvalue weighted by molar-refractivity contribution is 5.92. The molecule has 7 nitrogen and oxygen atoms in total. The van der Waals surface area contributed by atoms with Crippen LogP contribution in [0.4, 0.5) is 5.69 Å². The quantitative estimate of drug-likeness (QED) is 0.706. The number of hydrogen-bond acceptors (Lipinski definition) is 5. The maximum absolute atomic E-state index is 12.1. The first-order valence-corrected chi connectivity index (χ1v) is 7.45. The van der Waals surface area contributed by atoms with Crippen LogP contribution in [0.25, 0.3) is 0 Å². The van der Waals surface area contributed by atoms with E-state index in [2.05, 4.69) is 10.1 Å². The molecule has 24 heavy (non-hydrogen) atoms. The van der Waals surface area contributed by atoms with Crippen molar-refractivity contribution in [2.45, 2.75) is 33.6 Å². The minimum absolute atomic E-state index is 0.0836. The van der Waals surface area contributed by atoms with E-state index in [1.165, 1.54) is 7.11 Å². The number of esters is 1. The molecule has 0 atom stereocenters. The third-order valence-electron chi connectivity index (χ3n) is 3.33. The highest BCUT2D eigenvalue weighted by atomic mass is 16.6. The molecule has 1 aromatic rings. The summed E-state index contributed by atoms with van der Waals surface area (Å²) < 4.78 is 9.76. The molecule has 0 bridgehead atoms. The van der Waals surface area contributed by atoms with E-state index in [4.69, 9.17) is 9.84 Å². The molecule has 1 amide bonds. The third-order valence-corrected chi connectivity index (χ3v) is 3.33. The second-order valence-electron chi connectivity index (χ2n) is 6.30. The predicted molar refractivity (Wildman–Crippen MR) is 88.0 cm³/mol. The lowest BCUT2D eigenvalue weighted by Crippen LogP contribution is -2.25. The summed E-state index contributed by atoms with van der Waals surface area (Å²) in [6.07, 6.45) is 0.0129. The van der Waals surface area contributed by atoms with Gasteiger partial charge in [0.2, 0.25) is 5.91 Å². The molecular formula is C17H23NO6. The number of benzene rings is 1. The maximum atomic E-state index is 12.1. The number of anilines is 1. The molecule has 0 aliphatic heterocycles. The Kier molecular flexibility index (Phi) is 6.76. The Hall–Kier alpha value is -2.57. The van der Waals surface area contributed by atoms with Gasteiger partial charge in [0.15, 0.2) is 6.61 Å². The van der Waals surface area contributed by atoms with Crippen molar-refractivity contribution in [3.63, 3.8) is 0 Å². The summed E-state index contributed by atoms with van der Waals surface area (Å²) in [7, 11) is 1.28. The number of carboxylic acid groups (broad SMARTS) is 1. The van der Waals surface area contributed by atoms with Crippen LogP contribution in [0.1, 0.15) is 32.3 Å². The standard InChI is InChI=1S/C17H23NO6/c1-11-7-12(24-10-16(22)23-4)5-6-13(11)18-14(19)8-17(2,3)9-15(20)21/h5-7H,8-10H2,1-4H3,(H,18,19)(H,20,21). The molecule has 1 rings (SSSR count). The van der Waals surface area contributed by atoms with Crippen molar-refractivity contribution in [1.82, 2.24) is 0 Å². The normalized spacial score (nSPS) is 10.8. The molecule has 0 unspecified atom stereocenters. The van der Waals surface area contributed by atoms with Gasteiger partial charge in [0.05, 0.1) is 13.5 Å². The van der Waals surface area contributed by atoms with Crippen LogP contribution in [0.15, 0.2) is 18.2 Å². The van der Waals surface area contributed by atoms with Crippen LogP contribution < -0.4 is 10.1 Å². The molecular weight excluding hydrogens is 314 g/mol. The first-order valence-electron chi connectivity index (χ1n) is 7.45. The second-order valence-corrected chi connectivity index (χ2v) is 6.30. The fourth-order valence-corrected chi connectivity index (χ4v) is 2.17. The lowest BCUT2D eigenvalue weighted by molar-refractivity contribution is -0.143. The zero-order valence-electron chi connectivity index (χ0n) is 14.3. The fourth-order valence-electron chi connectivity index (χ4n) is 2.17. The van der Waals surface area contributed by atoms with Crippen molar-refractivity contribution in [1.29, 1.82) is 0 Å². The number of methoxy groups -OCH3 is 1. The number of carbonyl (C=O) groups excluding carboxylic acids is 2. The first-order chi connectivity index (χ1) is 11.1. The van der Waals surface area contributed by atoms with Gasteiger partial charge in [-0.25, -0.2) is 4.79 Å². The molecule has 0 aliphatic rings. The maximum Gasteiger partial charge on any atom is 0.343 e. The van der Waals surface area contributed by atoms with Gasteiger partial charge in [0, 0.05) is 12.1 Å². The van der Waals surface area contributed by atoms with Crippen LogP contribution in [0.2, 0.25) is 0 Å². The van der Waals surface area contributed by atoms with Gasteiger partial charge in [-0.1, -0.05) is 13.8 Å². The topological polar surface area (TPSA) is 102 Å². The van der Waals surface area contributed by atoms with E-state index in [0.717, 1.165) is 5.56 Å². The molecule has 0 saturated heterocycles. The van der Waals surface area contributed by atoms with Crippen LogP contribution in [0.3, 0.4) is 0 Å². The van der Waals surface area contributed by atoms with Crippen molar-refractivity contribution < 1.29 is 29.0 Å². The van der Waals surface area contributed by atoms with E-state index in [9.17, 15) is 14.4 Å². The van der Waals surface area contributed by atoms with Crippen LogP contribution in [-0.4, -0.2) is 36.7 Å². The Labute approximate surface area is 141 Å². The van der Waals surface area contributed by atoms with E-state index in [1.54, 1.807) is 39.0 Å². The molecule has 0 spiro atoms. The van der Waals surface area contributed by atoms with Crippen LogP contribution in [0, 0.1) is 12.3 Å². The van der Waals surface area contributed by atoms with Crippen molar-refractivity contribution in [3.8, 4) is 5.75 Å². The molecule has 0 heterocycles. The summed E-state index contributed by atoms with van der Waals surface area (Å²) in [6.45, 7) is 5.07. The lowest BCUT2D eigenvalue weighted by atomic mass is 9.85. The molecule has 0 saturated carbocycles. The molecule has 132 valence electrons. The summed E-state index contributed by atoms with van der Waals surface area (Å²) in [6, 6.07) is 5.00. The van der Waals surface area contributed by atoms with E-state index in [0.29, 0.717) is 11.4 Å². The van der Waals surface area contributed by atoms with E-state index < -0.39 is 17.4 Å². The van der Waals surface area contributed by atoms with Gasteiger partial charge in [-0.15, -0.1) is 0 Å². The molecule has 0 aromatic heterocycles. The van der Waals surface area contributed by atoms with E-state index in [-0.39, 0.29) is 25.4 Å². The number of carbonyl (C=O) groups is 3. The highest BCUT2D eigenvalue weighted by Crippen LogP contribution is 2.27. The largest absolute Gasteiger partial charge is 0.482 e. The Morgan fingerprint density at radius 1 is 1.21 bits per heavy atom. The number of nitrogens with one attached hydrogen (secondary N) is 1. The minimum atomic E-state index is -0.934. The minimum Gasteiger partial charge on any atom is -0.482 e. The average molecular weight is 337 g/mol. The van der Waals surface area contributed by atoms with Gasteiger partial charge in [-0.3, -0.25) is 9.59 Å². The number of aliphatic carboxylic acids is 1. The van der Waals surface area contributed by atoms with Gasteiger partial charge in [-0.2, -0.15) is 0 Å². The highest BCUT2D eigenvalue weighted by Gasteiger charge is 2.25. The first kappa shape index (κ1) is 19.5. The Morgan fingerprint density at radius 2 is 1.88 bits per heavy atom. The van der Waals surface area contributed by atoms with Gasteiger partial charge in [-0.05, 0) is 36.1 Å². The number of carboxylic acids is 1. The third kappa shape index (κ3) is 6.68. The smallest absolute Gasteiger partial charge is 0.343 e. The van der Waals surface area contributed by atoms with Crippen molar-refractivity contribution >= 4 is 23.5 Å². The van der Waals surface area contributed by atoms with Gasteiger partial charge in [0.25, 0.3) is 0 Å². The number of rotatable bonds is 8. The summed E-state index contributed by atoms with van der Waals surface area (Å²) in [5.74, 6) is -1.18. The molecule has 0 aliphatic carbocycles. The summed E-state index contributed by atoms with van der Waals surface area (Å²) >= 11 is 0. The molecule has 0 fully saturated rings. The zero-order chi connectivity index (χ0) is 18.3. The number of ether oxygens (including phenoxy) is 2. The van der Waals surface area contributed by atoms with Crippen molar-refractivity contribution in [3.05, 3.63) is 23.8 Å². The predicted octanol–water partition coefficient (Wildman–Crippen LogP) is 2.38. The summed E-state index contributed by atoms with van der Waals surface area (Å²) in [4.78, 5) is 33.9. The zero-order valence-corrected chi connectivity index (χ0v) is 14.3. The molecule has 0 radical (unpaired) electrons. The summed E-state index contributed by atoms with van der Waals surface area (Å²) in [5, 5.41) is 11.6. The molecule has 2 N–H and O–H groups in total. The summed E-state index contributed by atoms with van der Waals surface area (Å²) in [5.41, 5.74) is 0.742. The Bertz CT molecular complexity index is 624. The van der Waals surface area contributed by atoms with Gasteiger partial charge in [0.1, 0.15) is 5.75 Å². The number of hydrogen-bond donors (Lipinski definition) is 2. The van der Waals surface area contributed by atoms with Gasteiger partial charge >= 0.3 is 11.9 Å². The number of amides is 1. The Morgan fingerprint density at radius 3 is 2.42 bits per heavy atom. The molecule has 1 aromatic carbocycles. The van der Waals surface area contributed by atoms with Crippen LogP contribution in [0.5, 0.6) is 5.75 Å². The van der Waals surface area contributed by atoms with E-state index >= 15 is 0 Å². The van der Waals surface area contributed by atoms with Crippen LogP contribution in [-0.2, 0) is 19.1 Å². The van der Waals surface area contributed by atoms with Crippen LogP contribution >= 0.6 is 0 Å². The molecule has 7 heteroatoms. The lowest BCUT2D eigenvalue weighted by Gasteiger charge is -2.21. The second kappa shape index (κ2) is 8.33. The van der Waals surface area contributed by atoms with E-state index in [1.807, 2.05) is 0 Å². The van der Waals surface area contributed by atoms with Crippen molar-refractivity contribution in [2.24, 2.45) is 5.41 Å². The Balaban J connectivity index is 2.66. The average Bonchev–Trinajstić information content (AvgIpc) is 2.45. The SMILES string of the molecule is COC(=O)COc1ccc(NC(=O)CC(C)(C)CC(=O)O)c(C)c1. The van der Waals surface area contributed by atoms with Crippen molar-refractivity contribution in [2.75, 3.05) is 19.0 Å². The fraction of sp³-hybridized carbons (Fsp3) is 0.471.